The Morgan fingerprint density at radius 1 is 1.22 bits per heavy atom. The molecule has 90 valence electrons. The quantitative estimate of drug-likeness (QED) is 0.540. The lowest BCUT2D eigenvalue weighted by molar-refractivity contribution is -0.384. The van der Waals surface area contributed by atoms with Gasteiger partial charge in [-0.15, -0.1) is 0 Å². The van der Waals surface area contributed by atoms with Gasteiger partial charge in [-0.05, 0) is 24.3 Å². The number of hydrogen-bond acceptors (Lipinski definition) is 4. The summed E-state index contributed by atoms with van der Waals surface area (Å²) in [5.74, 6) is 1.10. The number of nitro benzene ring substituents is 1. The van der Waals surface area contributed by atoms with Gasteiger partial charge in [0.1, 0.15) is 0 Å². The Morgan fingerprint density at radius 3 is 2.83 bits per heavy atom. The van der Waals surface area contributed by atoms with Gasteiger partial charge < -0.3 is 10.1 Å². The Hall–Kier alpha value is -2.08. The second-order valence-corrected chi connectivity index (χ2v) is 4.69. The van der Waals surface area contributed by atoms with Crippen molar-refractivity contribution < 1.29 is 9.66 Å². The Bertz CT molecular complexity index is 658. The number of hydrogen-bond donors (Lipinski definition) is 1. The SMILES string of the molecule is O=[N+]([O-])c1cccc2c1Nc1cc(Br)ccc1O2. The topological polar surface area (TPSA) is 64.4 Å². The molecule has 0 atom stereocenters. The fourth-order valence-corrected chi connectivity index (χ4v) is 2.19. The molecule has 1 aliphatic rings. The van der Waals surface area contributed by atoms with Crippen molar-refractivity contribution in [2.24, 2.45) is 0 Å². The van der Waals surface area contributed by atoms with Gasteiger partial charge in [-0.1, -0.05) is 22.0 Å². The van der Waals surface area contributed by atoms with E-state index in [9.17, 15) is 10.1 Å². The normalized spacial score (nSPS) is 11.8. The van der Waals surface area contributed by atoms with Crippen LogP contribution in [0.25, 0.3) is 0 Å². The van der Waals surface area contributed by atoms with Crippen LogP contribution < -0.4 is 10.1 Å². The molecule has 2 aromatic carbocycles. The van der Waals surface area contributed by atoms with Crippen LogP contribution in [0.3, 0.4) is 0 Å². The average molecular weight is 307 g/mol. The van der Waals surface area contributed by atoms with Crippen molar-refractivity contribution in [3.8, 4) is 11.5 Å². The summed E-state index contributed by atoms with van der Waals surface area (Å²) in [7, 11) is 0. The molecule has 3 rings (SSSR count). The molecule has 1 aliphatic heterocycles. The van der Waals surface area contributed by atoms with E-state index in [2.05, 4.69) is 21.2 Å². The standard InChI is InChI=1S/C12H7BrN2O3/c13-7-4-5-10-8(6-7)14-12-9(15(16)17)2-1-3-11(12)18-10/h1-6,14H. The third-order valence-corrected chi connectivity index (χ3v) is 3.12. The largest absolute Gasteiger partial charge is 0.453 e. The predicted octanol–water partition coefficient (Wildman–Crippen LogP) is 4.21. The van der Waals surface area contributed by atoms with Crippen LogP contribution in [0.1, 0.15) is 0 Å². The van der Waals surface area contributed by atoms with Gasteiger partial charge in [-0.2, -0.15) is 0 Å². The van der Waals surface area contributed by atoms with Crippen LogP contribution in [-0.4, -0.2) is 4.92 Å². The number of nitrogens with zero attached hydrogens (tertiary/aromatic N) is 1. The molecule has 0 radical (unpaired) electrons. The highest BCUT2D eigenvalue weighted by atomic mass is 79.9. The van der Waals surface area contributed by atoms with Crippen molar-refractivity contribution >= 4 is 33.0 Å². The average Bonchev–Trinajstić information content (AvgIpc) is 2.35. The van der Waals surface area contributed by atoms with Crippen molar-refractivity contribution in [2.45, 2.75) is 0 Å². The minimum atomic E-state index is -0.432. The number of benzene rings is 2. The third-order valence-electron chi connectivity index (χ3n) is 2.62. The lowest BCUT2D eigenvalue weighted by atomic mass is 10.2. The molecule has 0 saturated heterocycles. The highest BCUT2D eigenvalue weighted by Gasteiger charge is 2.24. The molecule has 5 nitrogen and oxygen atoms in total. The molecule has 0 fully saturated rings. The van der Waals surface area contributed by atoms with E-state index >= 15 is 0 Å². The summed E-state index contributed by atoms with van der Waals surface area (Å²) in [5, 5.41) is 14.0. The minimum absolute atomic E-state index is 0.00174. The molecular weight excluding hydrogens is 300 g/mol. The van der Waals surface area contributed by atoms with Crippen molar-refractivity contribution in [3.05, 3.63) is 51.0 Å². The molecular formula is C12H7BrN2O3. The van der Waals surface area contributed by atoms with Crippen molar-refractivity contribution in [1.82, 2.24) is 0 Å². The molecule has 6 heteroatoms. The lowest BCUT2D eigenvalue weighted by Gasteiger charge is -2.21. The maximum atomic E-state index is 11.0. The number of nitrogens with one attached hydrogen (secondary N) is 1. The van der Waals surface area contributed by atoms with Crippen LogP contribution in [0.15, 0.2) is 40.9 Å². The number of halogens is 1. The van der Waals surface area contributed by atoms with Gasteiger partial charge in [0.2, 0.25) is 0 Å². The van der Waals surface area contributed by atoms with E-state index in [1.54, 1.807) is 18.2 Å². The van der Waals surface area contributed by atoms with E-state index in [-0.39, 0.29) is 5.69 Å². The summed E-state index contributed by atoms with van der Waals surface area (Å²) in [4.78, 5) is 10.5. The molecule has 1 heterocycles. The number of anilines is 2. The molecule has 18 heavy (non-hydrogen) atoms. The van der Waals surface area contributed by atoms with Crippen LogP contribution in [0.2, 0.25) is 0 Å². The van der Waals surface area contributed by atoms with Gasteiger partial charge >= 0.3 is 0 Å². The van der Waals surface area contributed by atoms with Gasteiger partial charge in [0, 0.05) is 10.5 Å². The first kappa shape index (κ1) is 11.0. The van der Waals surface area contributed by atoms with Crippen LogP contribution in [-0.2, 0) is 0 Å². The predicted molar refractivity (Wildman–Crippen MR) is 70.6 cm³/mol. The second kappa shape index (κ2) is 3.99. The molecule has 0 unspecified atom stereocenters. The summed E-state index contributed by atoms with van der Waals surface area (Å²) >= 11 is 3.35. The zero-order chi connectivity index (χ0) is 12.7. The first-order valence-corrected chi connectivity index (χ1v) is 5.96. The maximum absolute atomic E-state index is 11.0. The van der Waals surface area contributed by atoms with Gasteiger partial charge in [0.15, 0.2) is 17.2 Å². The van der Waals surface area contributed by atoms with E-state index in [1.165, 1.54) is 6.07 Å². The summed E-state index contributed by atoms with van der Waals surface area (Å²) in [6.45, 7) is 0. The highest BCUT2D eigenvalue weighted by Crippen LogP contribution is 2.46. The van der Waals surface area contributed by atoms with Crippen molar-refractivity contribution in [3.63, 3.8) is 0 Å². The monoisotopic (exact) mass is 306 g/mol. The number of ether oxygens (including phenoxy) is 1. The summed E-state index contributed by atoms with van der Waals surface area (Å²) < 4.78 is 6.51. The molecule has 0 bridgehead atoms. The van der Waals surface area contributed by atoms with E-state index in [0.29, 0.717) is 22.9 Å². The van der Waals surface area contributed by atoms with Crippen LogP contribution >= 0.6 is 15.9 Å². The molecule has 2 aromatic rings. The van der Waals surface area contributed by atoms with Gasteiger partial charge in [-0.25, -0.2) is 0 Å². The Morgan fingerprint density at radius 2 is 2.06 bits per heavy atom. The Labute approximate surface area is 111 Å². The number of nitro groups is 1. The maximum Gasteiger partial charge on any atom is 0.296 e. The van der Waals surface area contributed by atoms with Gasteiger partial charge in [0.25, 0.3) is 5.69 Å². The first-order valence-electron chi connectivity index (χ1n) is 5.17. The van der Waals surface area contributed by atoms with Crippen LogP contribution in [0.5, 0.6) is 11.5 Å². The summed E-state index contributed by atoms with van der Waals surface area (Å²) in [6, 6.07) is 10.2. The molecule has 0 amide bonds. The number of rotatable bonds is 1. The van der Waals surface area contributed by atoms with E-state index in [1.807, 2.05) is 12.1 Å². The van der Waals surface area contributed by atoms with Crippen molar-refractivity contribution in [1.29, 1.82) is 0 Å². The van der Waals surface area contributed by atoms with Crippen LogP contribution in [0, 0.1) is 10.1 Å². The molecule has 1 N–H and O–H groups in total. The molecule has 0 aliphatic carbocycles. The van der Waals surface area contributed by atoms with Crippen LogP contribution in [0.4, 0.5) is 17.1 Å². The number of para-hydroxylation sites is 1. The summed E-state index contributed by atoms with van der Waals surface area (Å²) in [6.07, 6.45) is 0. The first-order chi connectivity index (χ1) is 8.65. The molecule has 0 spiro atoms. The fourth-order valence-electron chi connectivity index (χ4n) is 1.82. The third kappa shape index (κ3) is 1.70. The molecule has 0 aromatic heterocycles. The second-order valence-electron chi connectivity index (χ2n) is 3.77. The number of fused-ring (bicyclic) bond motifs is 2. The van der Waals surface area contributed by atoms with Gasteiger partial charge in [-0.3, -0.25) is 10.1 Å². The minimum Gasteiger partial charge on any atom is -0.453 e. The summed E-state index contributed by atoms with van der Waals surface area (Å²) in [5.41, 5.74) is 1.08. The van der Waals surface area contributed by atoms with E-state index in [4.69, 9.17) is 4.74 Å². The Kier molecular flexibility index (Phi) is 2.45. The van der Waals surface area contributed by atoms with E-state index < -0.39 is 4.92 Å². The fraction of sp³-hybridized carbons (Fsp3) is 0. The lowest BCUT2D eigenvalue weighted by Crippen LogP contribution is -2.05. The zero-order valence-electron chi connectivity index (χ0n) is 9.01. The van der Waals surface area contributed by atoms with E-state index in [0.717, 1.165) is 4.47 Å². The van der Waals surface area contributed by atoms with Gasteiger partial charge in [0.05, 0.1) is 10.6 Å². The van der Waals surface area contributed by atoms with Crippen molar-refractivity contribution in [2.75, 3.05) is 5.32 Å². The zero-order valence-corrected chi connectivity index (χ0v) is 10.6. The Balaban J connectivity index is 2.14. The highest BCUT2D eigenvalue weighted by molar-refractivity contribution is 9.10. The smallest absolute Gasteiger partial charge is 0.296 e. The molecule has 0 saturated carbocycles.